The second-order valence-electron chi connectivity index (χ2n) is 5.88. The third-order valence-corrected chi connectivity index (χ3v) is 4.65. The van der Waals surface area contributed by atoms with Gasteiger partial charge in [-0.2, -0.15) is 0 Å². The molecule has 1 aromatic carbocycles. The molecule has 2 rings (SSSR count). The van der Waals surface area contributed by atoms with E-state index in [2.05, 4.69) is 50.4 Å². The van der Waals surface area contributed by atoms with Crippen LogP contribution in [0.15, 0.2) is 29.2 Å². The smallest absolute Gasteiger partial charge is 0.233 e. The van der Waals surface area contributed by atoms with Crippen molar-refractivity contribution in [1.82, 2.24) is 10.2 Å². The van der Waals surface area contributed by atoms with Crippen molar-refractivity contribution in [3.63, 3.8) is 0 Å². The third kappa shape index (κ3) is 5.36. The van der Waals surface area contributed by atoms with Crippen molar-refractivity contribution >= 4 is 17.7 Å². The Balaban J connectivity index is 1.78. The van der Waals surface area contributed by atoms with Gasteiger partial charge in [0.2, 0.25) is 5.91 Å². The van der Waals surface area contributed by atoms with Gasteiger partial charge in [0.15, 0.2) is 0 Å². The molecule has 0 aromatic heterocycles. The molecule has 0 atom stereocenters. The Kier molecular flexibility index (Phi) is 6.12. The molecular weight excluding hydrogens is 280 g/mol. The average molecular weight is 306 g/mol. The van der Waals surface area contributed by atoms with Gasteiger partial charge in [-0.05, 0) is 37.5 Å². The summed E-state index contributed by atoms with van der Waals surface area (Å²) in [6.45, 7) is 8.10. The third-order valence-electron chi connectivity index (χ3n) is 3.65. The molecule has 0 unspecified atom stereocenters. The van der Waals surface area contributed by atoms with E-state index in [-0.39, 0.29) is 5.91 Å². The summed E-state index contributed by atoms with van der Waals surface area (Å²) < 4.78 is 0. The number of hydrogen-bond donors (Lipinski definition) is 1. The van der Waals surface area contributed by atoms with E-state index in [0.717, 1.165) is 13.1 Å². The molecule has 0 bridgehead atoms. The number of nitrogens with zero attached hydrogens (tertiary/aromatic N) is 1. The minimum atomic E-state index is 0.274. The zero-order valence-electron chi connectivity index (χ0n) is 13.3. The number of thioether (sulfide) groups is 1. The number of hydrogen-bond acceptors (Lipinski definition) is 3. The second-order valence-corrected chi connectivity index (χ2v) is 6.93. The van der Waals surface area contributed by atoms with Gasteiger partial charge < -0.3 is 10.2 Å². The zero-order valence-corrected chi connectivity index (χ0v) is 14.1. The molecule has 0 aliphatic heterocycles. The Labute approximate surface area is 132 Å². The first-order chi connectivity index (χ1) is 10.1. The lowest BCUT2D eigenvalue weighted by Gasteiger charge is -2.20. The van der Waals surface area contributed by atoms with Gasteiger partial charge in [0.05, 0.1) is 5.75 Å². The second kappa shape index (κ2) is 7.85. The fourth-order valence-corrected chi connectivity index (χ4v) is 3.06. The number of carbonyl (C=O) groups excluding carboxylic acids is 1. The van der Waals surface area contributed by atoms with Gasteiger partial charge in [0.25, 0.3) is 0 Å². The quantitative estimate of drug-likeness (QED) is 0.748. The van der Waals surface area contributed by atoms with Crippen LogP contribution in [0, 0.1) is 0 Å². The van der Waals surface area contributed by atoms with E-state index in [4.69, 9.17) is 0 Å². The van der Waals surface area contributed by atoms with Gasteiger partial charge in [-0.25, -0.2) is 0 Å². The predicted octanol–water partition coefficient (Wildman–Crippen LogP) is 3.29. The molecule has 1 amide bonds. The average Bonchev–Trinajstić information content (AvgIpc) is 3.29. The zero-order chi connectivity index (χ0) is 15.2. The van der Waals surface area contributed by atoms with Gasteiger partial charge in [0.1, 0.15) is 0 Å². The summed E-state index contributed by atoms with van der Waals surface area (Å²) in [5.41, 5.74) is 1.28. The highest BCUT2D eigenvalue weighted by Crippen LogP contribution is 2.28. The highest BCUT2D eigenvalue weighted by Gasteiger charge is 2.30. The van der Waals surface area contributed by atoms with E-state index < -0.39 is 0 Å². The lowest BCUT2D eigenvalue weighted by atomic mass is 10.2. The van der Waals surface area contributed by atoms with Crippen LogP contribution in [-0.4, -0.2) is 35.2 Å². The maximum atomic E-state index is 12.2. The largest absolute Gasteiger partial charge is 0.339 e. The van der Waals surface area contributed by atoms with Gasteiger partial charge in [-0.3, -0.25) is 4.79 Å². The molecule has 1 aliphatic rings. The summed E-state index contributed by atoms with van der Waals surface area (Å²) in [6.07, 6.45) is 2.36. The summed E-state index contributed by atoms with van der Waals surface area (Å²) in [4.78, 5) is 15.4. The fraction of sp³-hybridized carbons (Fsp3) is 0.588. The van der Waals surface area contributed by atoms with Crippen molar-refractivity contribution in [2.24, 2.45) is 0 Å². The van der Waals surface area contributed by atoms with Crippen LogP contribution < -0.4 is 5.32 Å². The minimum absolute atomic E-state index is 0.274. The molecular formula is C17H26N2OS. The van der Waals surface area contributed by atoms with E-state index >= 15 is 0 Å². The van der Waals surface area contributed by atoms with E-state index in [1.807, 2.05) is 4.90 Å². The lowest BCUT2D eigenvalue weighted by molar-refractivity contribution is -0.128. The van der Waals surface area contributed by atoms with Gasteiger partial charge >= 0.3 is 0 Å². The Bertz CT molecular complexity index is 454. The maximum Gasteiger partial charge on any atom is 0.233 e. The van der Waals surface area contributed by atoms with Crippen molar-refractivity contribution < 1.29 is 4.79 Å². The number of nitrogens with one attached hydrogen (secondary N) is 1. The Morgan fingerprint density at radius 2 is 2.00 bits per heavy atom. The molecule has 4 heteroatoms. The fourth-order valence-electron chi connectivity index (χ4n) is 2.28. The first-order valence-corrected chi connectivity index (χ1v) is 8.83. The van der Waals surface area contributed by atoms with E-state index in [1.165, 1.54) is 23.3 Å². The molecule has 21 heavy (non-hydrogen) atoms. The Morgan fingerprint density at radius 3 is 2.52 bits per heavy atom. The minimum Gasteiger partial charge on any atom is -0.339 e. The lowest BCUT2D eigenvalue weighted by Crippen LogP contribution is -2.34. The number of benzene rings is 1. The molecule has 0 radical (unpaired) electrons. The van der Waals surface area contributed by atoms with Crippen molar-refractivity contribution in [1.29, 1.82) is 0 Å². The maximum absolute atomic E-state index is 12.2. The normalized spacial score (nSPS) is 14.5. The van der Waals surface area contributed by atoms with Crippen LogP contribution >= 0.6 is 11.8 Å². The molecule has 0 spiro atoms. The monoisotopic (exact) mass is 306 g/mol. The molecule has 1 aromatic rings. The molecule has 1 fully saturated rings. The molecule has 0 saturated heterocycles. The van der Waals surface area contributed by atoms with Crippen LogP contribution in [0.3, 0.4) is 0 Å². The van der Waals surface area contributed by atoms with E-state index in [0.29, 0.717) is 17.8 Å². The topological polar surface area (TPSA) is 32.3 Å². The SMILES string of the molecule is CCN(C(=O)CSc1ccc(CNC(C)C)cc1)C1CC1. The molecule has 0 heterocycles. The van der Waals surface area contributed by atoms with E-state index in [9.17, 15) is 4.79 Å². The van der Waals surface area contributed by atoms with Gasteiger partial charge in [0, 0.05) is 30.1 Å². The van der Waals surface area contributed by atoms with Crippen molar-refractivity contribution in [2.45, 2.75) is 57.1 Å². The van der Waals surface area contributed by atoms with Gasteiger partial charge in [-0.15, -0.1) is 11.8 Å². The molecule has 1 N–H and O–H groups in total. The predicted molar refractivity (Wildman–Crippen MR) is 89.6 cm³/mol. The van der Waals surface area contributed by atoms with E-state index in [1.54, 1.807) is 11.8 Å². The Hall–Kier alpha value is -1.00. The highest BCUT2D eigenvalue weighted by atomic mass is 32.2. The van der Waals surface area contributed by atoms with Crippen LogP contribution in [0.25, 0.3) is 0 Å². The number of rotatable bonds is 8. The van der Waals surface area contributed by atoms with Crippen LogP contribution in [0.5, 0.6) is 0 Å². The van der Waals surface area contributed by atoms with Crippen molar-refractivity contribution in [3.8, 4) is 0 Å². The van der Waals surface area contributed by atoms with Gasteiger partial charge in [-0.1, -0.05) is 26.0 Å². The molecule has 116 valence electrons. The van der Waals surface area contributed by atoms with Crippen LogP contribution in [0.1, 0.15) is 39.2 Å². The first-order valence-electron chi connectivity index (χ1n) is 7.84. The highest BCUT2D eigenvalue weighted by molar-refractivity contribution is 8.00. The van der Waals surface area contributed by atoms with Crippen molar-refractivity contribution in [3.05, 3.63) is 29.8 Å². The number of amides is 1. The summed E-state index contributed by atoms with van der Waals surface area (Å²) in [6, 6.07) is 9.53. The first kappa shape index (κ1) is 16.4. The molecule has 1 aliphatic carbocycles. The summed E-state index contributed by atoms with van der Waals surface area (Å²) >= 11 is 1.64. The molecule has 1 saturated carbocycles. The van der Waals surface area contributed by atoms with Crippen LogP contribution in [0.2, 0.25) is 0 Å². The van der Waals surface area contributed by atoms with Crippen LogP contribution in [-0.2, 0) is 11.3 Å². The Morgan fingerprint density at radius 1 is 1.33 bits per heavy atom. The molecule has 3 nitrogen and oxygen atoms in total. The summed E-state index contributed by atoms with van der Waals surface area (Å²) in [7, 11) is 0. The standard InChI is InChI=1S/C17H26N2OS/c1-4-19(15-7-8-15)17(20)12-21-16-9-5-14(6-10-16)11-18-13(2)3/h5-6,9-10,13,15,18H,4,7-8,11-12H2,1-3H3. The summed E-state index contributed by atoms with van der Waals surface area (Å²) in [5, 5.41) is 3.41. The van der Waals surface area contributed by atoms with Crippen LogP contribution in [0.4, 0.5) is 0 Å². The summed E-state index contributed by atoms with van der Waals surface area (Å²) in [5.74, 6) is 0.823. The number of carbonyl (C=O) groups is 1. The van der Waals surface area contributed by atoms with Crippen molar-refractivity contribution in [2.75, 3.05) is 12.3 Å².